The molecule has 0 aromatic heterocycles. The molecule has 0 amide bonds. The highest BCUT2D eigenvalue weighted by molar-refractivity contribution is 6.40. The number of hydrogen-bond acceptors (Lipinski definition) is 1. The summed E-state index contributed by atoms with van der Waals surface area (Å²) in [5.74, 6) is 1.62. The van der Waals surface area contributed by atoms with Crippen LogP contribution in [0.25, 0.3) is 0 Å². The summed E-state index contributed by atoms with van der Waals surface area (Å²) in [6.45, 7) is 4.53. The molecule has 2 aliphatic heterocycles. The van der Waals surface area contributed by atoms with Crippen molar-refractivity contribution in [3.8, 4) is 0 Å². The SMILES string of the molecule is [B]C([B])(C)C12CCCN1CC1CCCCCC12. The molecule has 17 heavy (non-hydrogen) atoms. The van der Waals surface area contributed by atoms with Crippen molar-refractivity contribution in [1.82, 2.24) is 4.90 Å². The van der Waals surface area contributed by atoms with Gasteiger partial charge in [-0.25, -0.2) is 0 Å². The molecule has 4 radical (unpaired) electrons. The predicted molar refractivity (Wildman–Crippen MR) is 73.5 cm³/mol. The average Bonchev–Trinajstić information content (AvgIpc) is 2.68. The number of hydrogen-bond donors (Lipinski definition) is 0. The van der Waals surface area contributed by atoms with E-state index in [1.54, 1.807) is 0 Å². The van der Waals surface area contributed by atoms with Crippen LogP contribution in [0.5, 0.6) is 0 Å². The molecule has 3 heteroatoms. The Hall–Kier alpha value is 0.0899. The second kappa shape index (κ2) is 4.05. The largest absolute Gasteiger partial charge is 0.298 e. The smallest absolute Gasteiger partial charge is 0.0641 e. The minimum absolute atomic E-state index is 0.113. The minimum atomic E-state index is -0.534. The first-order valence-electron chi connectivity index (χ1n) is 7.38. The Labute approximate surface area is 109 Å². The Kier molecular flexibility index (Phi) is 2.89. The Morgan fingerprint density at radius 3 is 2.65 bits per heavy atom. The highest BCUT2D eigenvalue weighted by atomic mass is 15.3. The lowest BCUT2D eigenvalue weighted by Crippen LogP contribution is -2.53. The molecule has 1 saturated carbocycles. The van der Waals surface area contributed by atoms with E-state index in [-0.39, 0.29) is 5.54 Å². The lowest BCUT2D eigenvalue weighted by atomic mass is 9.42. The zero-order valence-electron chi connectivity index (χ0n) is 11.1. The van der Waals surface area contributed by atoms with Gasteiger partial charge in [-0.2, -0.15) is 0 Å². The number of rotatable bonds is 1. The molecule has 3 unspecified atom stereocenters. The van der Waals surface area contributed by atoms with Crippen LogP contribution in [0.4, 0.5) is 0 Å². The van der Waals surface area contributed by atoms with E-state index in [1.165, 1.54) is 58.0 Å². The van der Waals surface area contributed by atoms with Gasteiger partial charge in [0.15, 0.2) is 0 Å². The molecule has 0 spiro atoms. The van der Waals surface area contributed by atoms with E-state index in [4.69, 9.17) is 15.7 Å². The van der Waals surface area contributed by atoms with Gasteiger partial charge in [-0.1, -0.05) is 31.4 Å². The Morgan fingerprint density at radius 1 is 1.12 bits per heavy atom. The fourth-order valence-electron chi connectivity index (χ4n) is 5.10. The standard InChI is InChI=1S/C14H23B2N/c1-13(15,16)14-8-5-9-17(14)10-11-6-3-2-4-7-12(11)14/h11-12H,2-10H2,1H3. The number of nitrogens with zero attached hydrogens (tertiary/aromatic N) is 1. The van der Waals surface area contributed by atoms with Crippen molar-refractivity contribution in [1.29, 1.82) is 0 Å². The Bertz CT molecular complexity index is 299. The number of fused-ring (bicyclic) bond motifs is 3. The van der Waals surface area contributed by atoms with Crippen molar-refractivity contribution in [2.75, 3.05) is 13.1 Å². The first-order chi connectivity index (χ1) is 8.06. The van der Waals surface area contributed by atoms with Crippen LogP contribution in [-0.2, 0) is 0 Å². The summed E-state index contributed by atoms with van der Waals surface area (Å²) in [5, 5.41) is -0.534. The molecule has 0 bridgehead atoms. The molecule has 3 atom stereocenters. The van der Waals surface area contributed by atoms with Gasteiger partial charge in [0.25, 0.3) is 0 Å². The molecule has 0 N–H and O–H groups in total. The summed E-state index contributed by atoms with van der Waals surface area (Å²) in [6.07, 6.45) is 9.47. The van der Waals surface area contributed by atoms with E-state index in [9.17, 15) is 0 Å². The first-order valence-corrected chi connectivity index (χ1v) is 7.38. The molecule has 3 rings (SSSR count). The zero-order chi connectivity index (χ0) is 12.1. The fourth-order valence-corrected chi connectivity index (χ4v) is 5.10. The lowest BCUT2D eigenvalue weighted by Gasteiger charge is -2.50. The summed E-state index contributed by atoms with van der Waals surface area (Å²) in [6, 6.07) is 0. The summed E-state index contributed by atoms with van der Waals surface area (Å²) in [5.41, 5.74) is 0.113. The Morgan fingerprint density at radius 2 is 1.88 bits per heavy atom. The van der Waals surface area contributed by atoms with Crippen molar-refractivity contribution in [3.05, 3.63) is 0 Å². The van der Waals surface area contributed by atoms with Crippen LogP contribution in [0.3, 0.4) is 0 Å². The maximum absolute atomic E-state index is 6.41. The molecular formula is C14H23B2N. The monoisotopic (exact) mass is 227 g/mol. The van der Waals surface area contributed by atoms with Crippen LogP contribution in [0.1, 0.15) is 51.9 Å². The molecule has 3 fully saturated rings. The second-order valence-electron chi connectivity index (χ2n) is 6.76. The van der Waals surface area contributed by atoms with Crippen LogP contribution in [0.2, 0.25) is 5.21 Å². The zero-order valence-corrected chi connectivity index (χ0v) is 11.1. The van der Waals surface area contributed by atoms with Crippen LogP contribution in [-0.4, -0.2) is 39.2 Å². The van der Waals surface area contributed by atoms with Gasteiger partial charge >= 0.3 is 0 Å². The topological polar surface area (TPSA) is 3.24 Å². The molecule has 2 heterocycles. The summed E-state index contributed by atoms with van der Waals surface area (Å²) in [4.78, 5) is 2.65. The first kappa shape index (κ1) is 12.1. The Balaban J connectivity index is 1.96. The fraction of sp³-hybridized carbons (Fsp3) is 1.00. The van der Waals surface area contributed by atoms with Crippen molar-refractivity contribution in [2.45, 2.75) is 62.6 Å². The van der Waals surface area contributed by atoms with Crippen molar-refractivity contribution >= 4 is 15.7 Å². The van der Waals surface area contributed by atoms with Gasteiger partial charge in [-0.3, -0.25) is 4.90 Å². The summed E-state index contributed by atoms with van der Waals surface area (Å²) >= 11 is 0. The van der Waals surface area contributed by atoms with Crippen molar-refractivity contribution < 1.29 is 0 Å². The molecule has 1 nitrogen and oxygen atoms in total. The van der Waals surface area contributed by atoms with Gasteiger partial charge in [0, 0.05) is 12.1 Å². The van der Waals surface area contributed by atoms with Crippen LogP contribution in [0, 0.1) is 11.8 Å². The molecule has 90 valence electrons. The quantitative estimate of drug-likeness (QED) is 0.622. The third-order valence-corrected chi connectivity index (χ3v) is 5.71. The van der Waals surface area contributed by atoms with E-state index < -0.39 is 5.21 Å². The molecule has 3 aliphatic rings. The van der Waals surface area contributed by atoms with Crippen molar-refractivity contribution in [3.63, 3.8) is 0 Å². The molecule has 1 aliphatic carbocycles. The highest BCUT2D eigenvalue weighted by Crippen LogP contribution is 2.58. The van der Waals surface area contributed by atoms with Crippen LogP contribution < -0.4 is 0 Å². The van der Waals surface area contributed by atoms with E-state index in [0.29, 0.717) is 0 Å². The van der Waals surface area contributed by atoms with Gasteiger partial charge in [0.1, 0.15) is 0 Å². The van der Waals surface area contributed by atoms with E-state index in [1.807, 2.05) is 0 Å². The molecule has 2 saturated heterocycles. The van der Waals surface area contributed by atoms with Crippen molar-refractivity contribution in [2.24, 2.45) is 11.8 Å². The van der Waals surface area contributed by atoms with Crippen LogP contribution >= 0.6 is 0 Å². The summed E-state index contributed by atoms with van der Waals surface area (Å²) in [7, 11) is 12.8. The van der Waals surface area contributed by atoms with Crippen LogP contribution in [0.15, 0.2) is 0 Å². The normalized spacial score (nSPS) is 43.1. The maximum atomic E-state index is 6.41. The lowest BCUT2D eigenvalue weighted by molar-refractivity contribution is 0.120. The predicted octanol–water partition coefficient (Wildman–Crippen LogP) is 2.50. The second-order valence-corrected chi connectivity index (χ2v) is 6.76. The molecule has 0 aromatic carbocycles. The third kappa shape index (κ3) is 1.64. The van der Waals surface area contributed by atoms with E-state index >= 15 is 0 Å². The minimum Gasteiger partial charge on any atom is -0.298 e. The molecule has 0 aromatic rings. The highest BCUT2D eigenvalue weighted by Gasteiger charge is 2.59. The van der Waals surface area contributed by atoms with E-state index in [0.717, 1.165) is 11.8 Å². The van der Waals surface area contributed by atoms with Gasteiger partial charge in [-0.05, 0) is 44.1 Å². The van der Waals surface area contributed by atoms with Gasteiger partial charge < -0.3 is 0 Å². The maximum Gasteiger partial charge on any atom is 0.0641 e. The average molecular weight is 227 g/mol. The summed E-state index contributed by atoms with van der Waals surface area (Å²) < 4.78 is 0. The van der Waals surface area contributed by atoms with Gasteiger partial charge in [0.05, 0.1) is 15.7 Å². The van der Waals surface area contributed by atoms with E-state index in [2.05, 4.69) is 11.8 Å². The van der Waals surface area contributed by atoms with Gasteiger partial charge in [0.2, 0.25) is 0 Å². The third-order valence-electron chi connectivity index (χ3n) is 5.71. The molecular weight excluding hydrogens is 204 g/mol. The van der Waals surface area contributed by atoms with Gasteiger partial charge in [-0.15, -0.1) is 0 Å².